The lowest BCUT2D eigenvalue weighted by atomic mass is 10.2. The lowest BCUT2D eigenvalue weighted by Gasteiger charge is -2.07. The van der Waals surface area contributed by atoms with Crippen LogP contribution in [-0.4, -0.2) is 16.2 Å². The molecular formula is C17H20N2O2. The number of hydrogen-bond acceptors (Lipinski definition) is 3. The molecule has 0 unspecified atom stereocenters. The summed E-state index contributed by atoms with van der Waals surface area (Å²) in [5.41, 5.74) is 2.09. The Balaban J connectivity index is 1.93. The Labute approximate surface area is 124 Å². The molecule has 0 radical (unpaired) electrons. The molecule has 0 aliphatic rings. The van der Waals surface area contributed by atoms with Gasteiger partial charge in [-0.15, -0.1) is 0 Å². The van der Waals surface area contributed by atoms with Crippen molar-refractivity contribution >= 4 is 10.9 Å². The number of ether oxygens (including phenoxy) is 1. The van der Waals surface area contributed by atoms with Gasteiger partial charge in [0.15, 0.2) is 0 Å². The molecule has 2 heterocycles. The molecular weight excluding hydrogens is 264 g/mol. The minimum absolute atomic E-state index is 0.634. The Morgan fingerprint density at radius 1 is 1.24 bits per heavy atom. The molecule has 110 valence electrons. The van der Waals surface area contributed by atoms with E-state index in [0.29, 0.717) is 6.54 Å². The van der Waals surface area contributed by atoms with E-state index in [0.717, 1.165) is 47.0 Å². The molecule has 4 nitrogen and oxygen atoms in total. The second-order valence-electron chi connectivity index (χ2n) is 5.23. The fourth-order valence-electron chi connectivity index (χ4n) is 2.42. The van der Waals surface area contributed by atoms with Crippen molar-refractivity contribution < 1.29 is 9.15 Å². The van der Waals surface area contributed by atoms with E-state index in [1.54, 1.807) is 0 Å². The van der Waals surface area contributed by atoms with Crippen LogP contribution in [0.1, 0.15) is 30.7 Å². The molecule has 0 saturated carbocycles. The van der Waals surface area contributed by atoms with Crippen LogP contribution in [0.15, 0.2) is 34.9 Å². The normalized spacial score (nSPS) is 11.2. The molecule has 2 aromatic heterocycles. The van der Waals surface area contributed by atoms with Crippen molar-refractivity contribution in [2.24, 2.45) is 0 Å². The maximum Gasteiger partial charge on any atom is 0.214 e. The van der Waals surface area contributed by atoms with Crippen LogP contribution in [0.3, 0.4) is 0 Å². The standard InChI is InChI=1S/C17H20N2O2/c1-4-10-20-16-7-5-6-15-14(16)8-9-19(15)11-17-18-12(2)13(3)21-17/h5-9H,4,10-11H2,1-3H3. The largest absolute Gasteiger partial charge is 0.493 e. The van der Waals surface area contributed by atoms with E-state index in [9.17, 15) is 0 Å². The first-order chi connectivity index (χ1) is 10.2. The molecule has 1 aromatic carbocycles. The van der Waals surface area contributed by atoms with Crippen LogP contribution >= 0.6 is 0 Å². The van der Waals surface area contributed by atoms with Gasteiger partial charge >= 0.3 is 0 Å². The summed E-state index contributed by atoms with van der Waals surface area (Å²) in [6.45, 7) is 7.39. The van der Waals surface area contributed by atoms with Gasteiger partial charge in [0.1, 0.15) is 11.5 Å². The minimum Gasteiger partial charge on any atom is -0.493 e. The Kier molecular flexibility index (Phi) is 3.69. The molecule has 0 fully saturated rings. The van der Waals surface area contributed by atoms with Gasteiger partial charge in [0, 0.05) is 11.6 Å². The van der Waals surface area contributed by atoms with Crippen molar-refractivity contribution in [3.05, 3.63) is 47.8 Å². The Bertz CT molecular complexity index is 736. The number of nitrogens with zero attached hydrogens (tertiary/aromatic N) is 2. The van der Waals surface area contributed by atoms with E-state index < -0.39 is 0 Å². The van der Waals surface area contributed by atoms with Crippen LogP contribution in [0.5, 0.6) is 5.75 Å². The van der Waals surface area contributed by atoms with Gasteiger partial charge < -0.3 is 13.7 Å². The first-order valence-corrected chi connectivity index (χ1v) is 7.32. The van der Waals surface area contributed by atoms with Gasteiger partial charge in [-0.3, -0.25) is 0 Å². The average molecular weight is 284 g/mol. The third kappa shape index (κ3) is 2.66. The molecule has 0 aliphatic carbocycles. The van der Waals surface area contributed by atoms with Crippen LogP contribution in [0.25, 0.3) is 10.9 Å². The predicted molar refractivity (Wildman–Crippen MR) is 82.8 cm³/mol. The molecule has 0 atom stereocenters. The van der Waals surface area contributed by atoms with Crippen LogP contribution in [0.4, 0.5) is 0 Å². The van der Waals surface area contributed by atoms with Crippen molar-refractivity contribution in [1.29, 1.82) is 0 Å². The summed E-state index contributed by atoms with van der Waals surface area (Å²) in [4.78, 5) is 4.45. The number of rotatable bonds is 5. The van der Waals surface area contributed by atoms with E-state index in [2.05, 4.69) is 34.8 Å². The number of hydrogen-bond donors (Lipinski definition) is 0. The lowest BCUT2D eigenvalue weighted by Crippen LogP contribution is -1.99. The molecule has 0 spiro atoms. The van der Waals surface area contributed by atoms with Gasteiger partial charge in [0.2, 0.25) is 5.89 Å². The van der Waals surface area contributed by atoms with E-state index in [1.165, 1.54) is 0 Å². The molecule has 4 heteroatoms. The third-order valence-corrected chi connectivity index (χ3v) is 3.61. The van der Waals surface area contributed by atoms with E-state index in [-0.39, 0.29) is 0 Å². The average Bonchev–Trinajstić information content (AvgIpc) is 3.02. The highest BCUT2D eigenvalue weighted by molar-refractivity contribution is 5.86. The SMILES string of the molecule is CCCOc1cccc2c1ccn2Cc1nc(C)c(C)o1. The second kappa shape index (κ2) is 5.64. The molecule has 0 saturated heterocycles. The highest BCUT2D eigenvalue weighted by Crippen LogP contribution is 2.27. The Morgan fingerprint density at radius 2 is 2.10 bits per heavy atom. The highest BCUT2D eigenvalue weighted by Gasteiger charge is 2.10. The Hall–Kier alpha value is -2.23. The molecule has 3 rings (SSSR count). The molecule has 0 aliphatic heterocycles. The minimum atomic E-state index is 0.634. The number of fused-ring (bicyclic) bond motifs is 1. The van der Waals surface area contributed by atoms with Crippen LogP contribution in [0, 0.1) is 13.8 Å². The zero-order chi connectivity index (χ0) is 14.8. The second-order valence-corrected chi connectivity index (χ2v) is 5.23. The zero-order valence-electron chi connectivity index (χ0n) is 12.7. The van der Waals surface area contributed by atoms with Crippen molar-refractivity contribution in [1.82, 2.24) is 9.55 Å². The van der Waals surface area contributed by atoms with Crippen LogP contribution in [0.2, 0.25) is 0 Å². The van der Waals surface area contributed by atoms with Gasteiger partial charge in [0.25, 0.3) is 0 Å². The van der Waals surface area contributed by atoms with Crippen molar-refractivity contribution in [2.75, 3.05) is 6.61 Å². The van der Waals surface area contributed by atoms with E-state index in [4.69, 9.17) is 9.15 Å². The highest BCUT2D eigenvalue weighted by atomic mass is 16.5. The van der Waals surface area contributed by atoms with Gasteiger partial charge in [-0.05, 0) is 38.5 Å². The van der Waals surface area contributed by atoms with Gasteiger partial charge in [-0.1, -0.05) is 13.0 Å². The van der Waals surface area contributed by atoms with Crippen molar-refractivity contribution in [3.8, 4) is 5.75 Å². The number of oxazole rings is 1. The molecule has 3 aromatic rings. The summed E-state index contributed by atoms with van der Waals surface area (Å²) in [6.07, 6.45) is 3.06. The third-order valence-electron chi connectivity index (χ3n) is 3.61. The fraction of sp³-hybridized carbons (Fsp3) is 0.353. The molecule has 21 heavy (non-hydrogen) atoms. The summed E-state index contributed by atoms with van der Waals surface area (Å²) in [7, 11) is 0. The summed E-state index contributed by atoms with van der Waals surface area (Å²) < 4.78 is 13.6. The summed E-state index contributed by atoms with van der Waals surface area (Å²) in [6, 6.07) is 8.22. The number of aryl methyl sites for hydroxylation is 2. The van der Waals surface area contributed by atoms with Gasteiger partial charge in [-0.2, -0.15) is 0 Å². The van der Waals surface area contributed by atoms with Crippen LogP contribution < -0.4 is 4.74 Å². The molecule has 0 amide bonds. The fourth-order valence-corrected chi connectivity index (χ4v) is 2.42. The summed E-state index contributed by atoms with van der Waals surface area (Å²) in [5, 5.41) is 1.13. The predicted octanol–water partition coefficient (Wildman–Crippen LogP) is 4.08. The summed E-state index contributed by atoms with van der Waals surface area (Å²) in [5.74, 6) is 2.56. The van der Waals surface area contributed by atoms with Crippen molar-refractivity contribution in [2.45, 2.75) is 33.7 Å². The van der Waals surface area contributed by atoms with Gasteiger partial charge in [0.05, 0.1) is 24.4 Å². The zero-order valence-corrected chi connectivity index (χ0v) is 12.7. The molecule has 0 N–H and O–H groups in total. The van der Waals surface area contributed by atoms with E-state index >= 15 is 0 Å². The monoisotopic (exact) mass is 284 g/mol. The van der Waals surface area contributed by atoms with Crippen molar-refractivity contribution in [3.63, 3.8) is 0 Å². The van der Waals surface area contributed by atoms with E-state index in [1.807, 2.05) is 26.0 Å². The van der Waals surface area contributed by atoms with Crippen LogP contribution in [-0.2, 0) is 6.54 Å². The Morgan fingerprint density at radius 3 is 2.81 bits per heavy atom. The lowest BCUT2D eigenvalue weighted by molar-refractivity contribution is 0.321. The first kappa shape index (κ1) is 13.7. The topological polar surface area (TPSA) is 40.2 Å². The smallest absolute Gasteiger partial charge is 0.214 e. The quantitative estimate of drug-likeness (QED) is 0.708. The number of benzene rings is 1. The van der Waals surface area contributed by atoms with Gasteiger partial charge in [-0.25, -0.2) is 4.98 Å². The maximum absolute atomic E-state index is 5.80. The summed E-state index contributed by atoms with van der Waals surface area (Å²) >= 11 is 0. The number of aromatic nitrogens is 2. The maximum atomic E-state index is 5.80. The molecule has 0 bridgehead atoms. The first-order valence-electron chi connectivity index (χ1n) is 7.32.